The molecule has 0 spiro atoms. The SMILES string of the molecule is COC(=O)C[C@H](NC(=O)Cc1coc(-c2ccccc2)n1)c1cccs1. The maximum absolute atomic E-state index is 12.4. The Kier molecular flexibility index (Phi) is 5.80. The van der Waals surface area contributed by atoms with Crippen LogP contribution in [0.1, 0.15) is 23.0 Å². The van der Waals surface area contributed by atoms with Crippen molar-refractivity contribution >= 4 is 23.2 Å². The second-order valence-electron chi connectivity index (χ2n) is 5.60. The average Bonchev–Trinajstić information content (AvgIpc) is 3.34. The Morgan fingerprint density at radius 3 is 2.73 bits per heavy atom. The van der Waals surface area contributed by atoms with Gasteiger partial charge in [0.05, 0.1) is 31.7 Å². The molecule has 0 saturated carbocycles. The van der Waals surface area contributed by atoms with Gasteiger partial charge in [0, 0.05) is 10.4 Å². The van der Waals surface area contributed by atoms with Gasteiger partial charge in [-0.1, -0.05) is 24.3 Å². The Morgan fingerprint density at radius 2 is 2.04 bits per heavy atom. The number of esters is 1. The average molecular weight is 370 g/mol. The number of methoxy groups -OCH3 is 1. The van der Waals surface area contributed by atoms with Gasteiger partial charge in [0.2, 0.25) is 11.8 Å². The molecule has 0 radical (unpaired) electrons. The fourth-order valence-electron chi connectivity index (χ4n) is 2.47. The van der Waals surface area contributed by atoms with Crippen LogP contribution in [0.3, 0.4) is 0 Å². The van der Waals surface area contributed by atoms with Gasteiger partial charge >= 0.3 is 5.97 Å². The van der Waals surface area contributed by atoms with Crippen LogP contribution in [0.15, 0.2) is 58.5 Å². The minimum Gasteiger partial charge on any atom is -0.469 e. The molecule has 0 unspecified atom stereocenters. The topological polar surface area (TPSA) is 81.4 Å². The first-order chi connectivity index (χ1) is 12.7. The van der Waals surface area contributed by atoms with E-state index in [2.05, 4.69) is 10.3 Å². The predicted molar refractivity (Wildman–Crippen MR) is 97.5 cm³/mol. The molecule has 3 aromatic rings. The summed E-state index contributed by atoms with van der Waals surface area (Å²) in [6.45, 7) is 0. The number of amides is 1. The van der Waals surface area contributed by atoms with Gasteiger partial charge in [-0.15, -0.1) is 11.3 Å². The van der Waals surface area contributed by atoms with E-state index in [-0.39, 0.29) is 24.7 Å². The first kappa shape index (κ1) is 17.9. The van der Waals surface area contributed by atoms with Crippen LogP contribution in [0.2, 0.25) is 0 Å². The highest BCUT2D eigenvalue weighted by molar-refractivity contribution is 7.10. The number of ether oxygens (including phenoxy) is 1. The number of nitrogens with one attached hydrogen (secondary N) is 1. The Hall–Kier alpha value is -2.93. The molecule has 3 rings (SSSR count). The molecule has 2 aromatic heterocycles. The molecule has 1 N–H and O–H groups in total. The number of aromatic nitrogens is 1. The van der Waals surface area contributed by atoms with Crippen molar-refractivity contribution < 1.29 is 18.7 Å². The summed E-state index contributed by atoms with van der Waals surface area (Å²) in [5.74, 6) is -0.144. The molecule has 6 nitrogen and oxygen atoms in total. The van der Waals surface area contributed by atoms with E-state index < -0.39 is 6.04 Å². The molecule has 1 aromatic carbocycles. The van der Waals surface area contributed by atoms with E-state index in [1.807, 2.05) is 47.8 Å². The van der Waals surface area contributed by atoms with Crippen molar-refractivity contribution in [1.82, 2.24) is 10.3 Å². The van der Waals surface area contributed by atoms with E-state index in [1.54, 1.807) is 0 Å². The number of hydrogen-bond donors (Lipinski definition) is 1. The number of benzene rings is 1. The molecule has 2 heterocycles. The molecule has 134 valence electrons. The standard InChI is InChI=1S/C19H18N2O4S/c1-24-18(23)11-15(16-8-5-9-26-16)21-17(22)10-14-12-25-19(20-14)13-6-3-2-4-7-13/h2-9,12,15H,10-11H2,1H3,(H,21,22)/t15-/m0/s1. The summed E-state index contributed by atoms with van der Waals surface area (Å²) < 4.78 is 10.2. The van der Waals surface area contributed by atoms with Crippen LogP contribution >= 0.6 is 11.3 Å². The van der Waals surface area contributed by atoms with Gasteiger partial charge in [-0.25, -0.2) is 4.98 Å². The Balaban J connectivity index is 1.65. The van der Waals surface area contributed by atoms with Crippen LogP contribution < -0.4 is 5.32 Å². The zero-order chi connectivity index (χ0) is 18.4. The van der Waals surface area contributed by atoms with Crippen LogP contribution in [0.5, 0.6) is 0 Å². The normalized spacial score (nSPS) is 11.7. The monoisotopic (exact) mass is 370 g/mol. The fraction of sp³-hybridized carbons (Fsp3) is 0.211. The molecule has 26 heavy (non-hydrogen) atoms. The second-order valence-corrected chi connectivity index (χ2v) is 6.58. The predicted octanol–water partition coefficient (Wildman–Crippen LogP) is 3.37. The van der Waals surface area contributed by atoms with Gasteiger partial charge in [0.1, 0.15) is 6.26 Å². The quantitative estimate of drug-likeness (QED) is 0.645. The molecular weight excluding hydrogens is 352 g/mol. The number of carbonyl (C=O) groups is 2. The van der Waals surface area contributed by atoms with Gasteiger partial charge < -0.3 is 14.5 Å². The van der Waals surface area contributed by atoms with Crippen molar-refractivity contribution in [3.8, 4) is 11.5 Å². The zero-order valence-corrected chi connectivity index (χ0v) is 15.0. The minimum absolute atomic E-state index is 0.0688. The Labute approximate surface area is 154 Å². The summed E-state index contributed by atoms with van der Waals surface area (Å²) in [7, 11) is 1.33. The highest BCUT2D eigenvalue weighted by Gasteiger charge is 2.20. The number of carbonyl (C=O) groups excluding carboxylic acids is 2. The number of rotatable bonds is 7. The van der Waals surface area contributed by atoms with E-state index in [0.29, 0.717) is 11.6 Å². The van der Waals surface area contributed by atoms with E-state index in [4.69, 9.17) is 9.15 Å². The highest BCUT2D eigenvalue weighted by Crippen LogP contribution is 2.23. The summed E-state index contributed by atoms with van der Waals surface area (Å²) in [5.41, 5.74) is 1.38. The largest absolute Gasteiger partial charge is 0.469 e. The molecule has 1 amide bonds. The highest BCUT2D eigenvalue weighted by atomic mass is 32.1. The number of hydrogen-bond acceptors (Lipinski definition) is 6. The number of thiophene rings is 1. The summed E-state index contributed by atoms with van der Waals surface area (Å²) in [6, 6.07) is 12.8. The first-order valence-electron chi connectivity index (χ1n) is 8.05. The maximum Gasteiger partial charge on any atom is 0.307 e. The summed E-state index contributed by atoms with van der Waals surface area (Å²) >= 11 is 1.48. The lowest BCUT2D eigenvalue weighted by Gasteiger charge is -2.16. The lowest BCUT2D eigenvalue weighted by Crippen LogP contribution is -2.31. The molecular formula is C19H18N2O4S. The third-order valence-electron chi connectivity index (χ3n) is 3.73. The van der Waals surface area contributed by atoms with Gasteiger partial charge in [-0.2, -0.15) is 0 Å². The van der Waals surface area contributed by atoms with Crippen LogP contribution in [0.4, 0.5) is 0 Å². The Morgan fingerprint density at radius 1 is 1.23 bits per heavy atom. The summed E-state index contributed by atoms with van der Waals surface area (Å²) in [5, 5.41) is 4.77. The van der Waals surface area contributed by atoms with Crippen molar-refractivity contribution in [2.75, 3.05) is 7.11 Å². The van der Waals surface area contributed by atoms with Gasteiger partial charge in [0.15, 0.2) is 0 Å². The lowest BCUT2D eigenvalue weighted by atomic mass is 10.1. The van der Waals surface area contributed by atoms with E-state index in [1.165, 1.54) is 24.7 Å². The fourth-order valence-corrected chi connectivity index (χ4v) is 3.25. The van der Waals surface area contributed by atoms with Gasteiger partial charge in [-0.05, 0) is 23.6 Å². The lowest BCUT2D eigenvalue weighted by molar-refractivity contribution is -0.141. The summed E-state index contributed by atoms with van der Waals surface area (Å²) in [4.78, 5) is 29.3. The summed E-state index contributed by atoms with van der Waals surface area (Å²) in [6.07, 6.45) is 1.62. The molecule has 0 bridgehead atoms. The third-order valence-corrected chi connectivity index (χ3v) is 4.72. The van der Waals surface area contributed by atoms with E-state index in [9.17, 15) is 9.59 Å². The first-order valence-corrected chi connectivity index (χ1v) is 8.93. The minimum atomic E-state index is -0.421. The molecule has 0 fully saturated rings. The Bertz CT molecular complexity index is 859. The van der Waals surface area contributed by atoms with E-state index in [0.717, 1.165) is 10.4 Å². The van der Waals surface area contributed by atoms with Crippen molar-refractivity contribution in [3.05, 3.63) is 64.7 Å². The molecule has 7 heteroatoms. The maximum atomic E-state index is 12.4. The van der Waals surface area contributed by atoms with Crippen LogP contribution in [-0.4, -0.2) is 24.0 Å². The van der Waals surface area contributed by atoms with Crippen LogP contribution in [0.25, 0.3) is 11.5 Å². The third kappa shape index (κ3) is 4.58. The van der Waals surface area contributed by atoms with Crippen molar-refractivity contribution in [3.63, 3.8) is 0 Å². The number of oxazole rings is 1. The van der Waals surface area contributed by atoms with Crippen LogP contribution in [0, 0.1) is 0 Å². The van der Waals surface area contributed by atoms with E-state index >= 15 is 0 Å². The zero-order valence-electron chi connectivity index (χ0n) is 14.2. The van der Waals surface area contributed by atoms with Gasteiger partial charge in [-0.3, -0.25) is 9.59 Å². The molecule has 0 aliphatic heterocycles. The molecule has 0 aliphatic rings. The van der Waals surface area contributed by atoms with Crippen molar-refractivity contribution in [1.29, 1.82) is 0 Å². The number of nitrogens with zero attached hydrogens (tertiary/aromatic N) is 1. The van der Waals surface area contributed by atoms with Crippen molar-refractivity contribution in [2.45, 2.75) is 18.9 Å². The van der Waals surface area contributed by atoms with Gasteiger partial charge in [0.25, 0.3) is 0 Å². The van der Waals surface area contributed by atoms with Crippen LogP contribution in [-0.2, 0) is 20.7 Å². The smallest absolute Gasteiger partial charge is 0.307 e. The molecule has 0 saturated heterocycles. The molecule has 1 atom stereocenters. The second kappa shape index (κ2) is 8.44. The molecule has 0 aliphatic carbocycles. The van der Waals surface area contributed by atoms with Crippen molar-refractivity contribution in [2.24, 2.45) is 0 Å².